The average Bonchev–Trinajstić information content (AvgIpc) is 2.91. The molecule has 2 amide bonds. The Morgan fingerprint density at radius 3 is 2.75 bits per heavy atom. The molecule has 1 N–H and O–H groups in total. The van der Waals surface area contributed by atoms with Gasteiger partial charge in [0.2, 0.25) is 11.8 Å². The Labute approximate surface area is 123 Å². The first-order chi connectivity index (χ1) is 9.37. The molecule has 1 aliphatic heterocycles. The lowest BCUT2D eigenvalue weighted by atomic mass is 9.89. The zero-order chi connectivity index (χ0) is 14.9. The number of amides is 2. The highest BCUT2D eigenvalue weighted by Gasteiger charge is 2.47. The highest BCUT2D eigenvalue weighted by molar-refractivity contribution is 7.09. The van der Waals surface area contributed by atoms with Gasteiger partial charge in [-0.3, -0.25) is 9.59 Å². The second-order valence-corrected chi connectivity index (χ2v) is 6.73. The Bertz CT molecular complexity index is 499. The van der Waals surface area contributed by atoms with E-state index in [1.165, 1.54) is 11.3 Å². The molecule has 1 aromatic rings. The lowest BCUT2D eigenvalue weighted by molar-refractivity contribution is -0.157. The monoisotopic (exact) mass is 295 g/mol. The first-order valence-corrected chi connectivity index (χ1v) is 7.76. The van der Waals surface area contributed by atoms with Crippen LogP contribution in [0.5, 0.6) is 0 Å². The molecule has 6 heteroatoms. The van der Waals surface area contributed by atoms with Gasteiger partial charge < -0.3 is 10.2 Å². The van der Waals surface area contributed by atoms with Crippen molar-refractivity contribution in [2.45, 2.75) is 52.2 Å². The number of nitrogens with one attached hydrogen (secondary N) is 1. The van der Waals surface area contributed by atoms with E-state index in [1.807, 2.05) is 19.2 Å². The molecule has 2 rings (SSSR count). The van der Waals surface area contributed by atoms with Gasteiger partial charge in [-0.15, -0.1) is 11.3 Å². The zero-order valence-corrected chi connectivity index (χ0v) is 13.2. The molecule has 0 spiro atoms. The predicted molar refractivity (Wildman–Crippen MR) is 78.1 cm³/mol. The molecule has 5 nitrogen and oxygen atoms in total. The van der Waals surface area contributed by atoms with E-state index in [9.17, 15) is 9.59 Å². The predicted octanol–water partition coefficient (Wildman–Crippen LogP) is 1.79. The van der Waals surface area contributed by atoms with Crippen LogP contribution in [0.15, 0.2) is 11.6 Å². The van der Waals surface area contributed by atoms with Crippen LogP contribution < -0.4 is 5.32 Å². The van der Waals surface area contributed by atoms with Crippen molar-refractivity contribution < 1.29 is 9.59 Å². The van der Waals surface area contributed by atoms with Crippen LogP contribution in [0.4, 0.5) is 0 Å². The van der Waals surface area contributed by atoms with Crippen molar-refractivity contribution >= 4 is 23.2 Å². The summed E-state index contributed by atoms with van der Waals surface area (Å²) in [5.74, 6) is 0.0134. The largest absolute Gasteiger partial charge is 0.342 e. The molecule has 0 radical (unpaired) electrons. The van der Waals surface area contributed by atoms with E-state index >= 15 is 0 Å². The topological polar surface area (TPSA) is 62.3 Å². The standard InChI is InChI=1S/C14H21N3O2S/c1-5-9(2)11-12(18)17(8-10-15-6-7-20-10)14(3,4)13(19)16-11/h6-7,9,11H,5,8H2,1-4H3,(H,16,19). The molecule has 1 aromatic heterocycles. The van der Waals surface area contributed by atoms with E-state index < -0.39 is 11.6 Å². The van der Waals surface area contributed by atoms with Crippen molar-refractivity contribution in [3.05, 3.63) is 16.6 Å². The van der Waals surface area contributed by atoms with Crippen molar-refractivity contribution in [1.29, 1.82) is 0 Å². The third-order valence-corrected chi connectivity index (χ3v) is 4.80. The van der Waals surface area contributed by atoms with Crippen LogP contribution in [0.25, 0.3) is 0 Å². The summed E-state index contributed by atoms with van der Waals surface area (Å²) in [4.78, 5) is 30.9. The van der Waals surface area contributed by atoms with Crippen LogP contribution in [-0.4, -0.2) is 33.3 Å². The Balaban J connectivity index is 2.28. The van der Waals surface area contributed by atoms with Crippen LogP contribution in [0, 0.1) is 5.92 Å². The van der Waals surface area contributed by atoms with Gasteiger partial charge in [0.15, 0.2) is 0 Å². The van der Waals surface area contributed by atoms with Gasteiger partial charge in [0.1, 0.15) is 16.6 Å². The minimum atomic E-state index is -0.841. The molecule has 20 heavy (non-hydrogen) atoms. The van der Waals surface area contributed by atoms with Gasteiger partial charge in [0.25, 0.3) is 0 Å². The summed E-state index contributed by atoms with van der Waals surface area (Å²) in [6, 6.07) is -0.430. The van der Waals surface area contributed by atoms with Gasteiger partial charge >= 0.3 is 0 Å². The molecule has 2 atom stereocenters. The molecule has 1 fully saturated rings. The highest BCUT2D eigenvalue weighted by Crippen LogP contribution is 2.27. The summed E-state index contributed by atoms with van der Waals surface area (Å²) in [5, 5.41) is 5.60. The second kappa shape index (κ2) is 5.52. The summed E-state index contributed by atoms with van der Waals surface area (Å²) < 4.78 is 0. The van der Waals surface area contributed by atoms with Crippen molar-refractivity contribution in [3.63, 3.8) is 0 Å². The molecule has 0 aliphatic carbocycles. The summed E-state index contributed by atoms with van der Waals surface area (Å²) in [5.41, 5.74) is -0.841. The van der Waals surface area contributed by atoms with Gasteiger partial charge in [-0.1, -0.05) is 20.3 Å². The normalized spacial score (nSPS) is 23.6. The van der Waals surface area contributed by atoms with E-state index in [2.05, 4.69) is 10.3 Å². The zero-order valence-electron chi connectivity index (χ0n) is 12.3. The molecule has 1 aliphatic rings. The Kier molecular flexibility index (Phi) is 4.13. The minimum Gasteiger partial charge on any atom is -0.342 e. The average molecular weight is 295 g/mol. The third kappa shape index (κ3) is 2.57. The van der Waals surface area contributed by atoms with E-state index in [0.717, 1.165) is 11.4 Å². The lowest BCUT2D eigenvalue weighted by Crippen LogP contribution is -2.69. The van der Waals surface area contributed by atoms with E-state index in [4.69, 9.17) is 0 Å². The van der Waals surface area contributed by atoms with Gasteiger partial charge in [-0.2, -0.15) is 0 Å². The van der Waals surface area contributed by atoms with Crippen LogP contribution in [0.1, 0.15) is 39.1 Å². The third-order valence-electron chi connectivity index (χ3n) is 4.04. The molecule has 0 bridgehead atoms. The summed E-state index contributed by atoms with van der Waals surface area (Å²) in [6.45, 7) is 7.96. The van der Waals surface area contributed by atoms with Crippen molar-refractivity contribution in [1.82, 2.24) is 15.2 Å². The fourth-order valence-corrected chi connectivity index (χ4v) is 2.91. The summed E-state index contributed by atoms with van der Waals surface area (Å²) in [7, 11) is 0. The fourth-order valence-electron chi connectivity index (χ4n) is 2.31. The fraction of sp³-hybridized carbons (Fsp3) is 0.643. The van der Waals surface area contributed by atoms with E-state index in [0.29, 0.717) is 6.54 Å². The number of carbonyl (C=O) groups is 2. The van der Waals surface area contributed by atoms with Crippen LogP contribution in [-0.2, 0) is 16.1 Å². The molecule has 1 saturated heterocycles. The summed E-state index contributed by atoms with van der Waals surface area (Å²) in [6.07, 6.45) is 2.57. The molecule has 110 valence electrons. The summed E-state index contributed by atoms with van der Waals surface area (Å²) >= 11 is 1.50. The van der Waals surface area contributed by atoms with Crippen LogP contribution >= 0.6 is 11.3 Å². The molecule has 0 saturated carbocycles. The Morgan fingerprint density at radius 1 is 1.50 bits per heavy atom. The van der Waals surface area contributed by atoms with Crippen molar-refractivity contribution in [3.8, 4) is 0 Å². The first-order valence-electron chi connectivity index (χ1n) is 6.88. The first kappa shape index (κ1) is 15.0. The smallest absolute Gasteiger partial charge is 0.246 e. The number of rotatable bonds is 4. The minimum absolute atomic E-state index is 0.0147. The Hall–Kier alpha value is -1.43. The maximum Gasteiger partial charge on any atom is 0.246 e. The van der Waals surface area contributed by atoms with Crippen LogP contribution in [0.2, 0.25) is 0 Å². The number of hydrogen-bond donors (Lipinski definition) is 1. The quantitative estimate of drug-likeness (QED) is 0.921. The number of nitrogens with zero attached hydrogens (tertiary/aromatic N) is 2. The SMILES string of the molecule is CCC(C)C1NC(=O)C(C)(C)N(Cc2nccs2)C1=O. The van der Waals surface area contributed by atoms with Crippen LogP contribution in [0.3, 0.4) is 0 Å². The van der Waals surface area contributed by atoms with Gasteiger partial charge in [-0.25, -0.2) is 4.98 Å². The molecular weight excluding hydrogens is 274 g/mol. The molecule has 2 unspecified atom stereocenters. The lowest BCUT2D eigenvalue weighted by Gasteiger charge is -2.45. The maximum absolute atomic E-state index is 12.7. The number of carbonyl (C=O) groups excluding carboxylic acids is 2. The molecule has 2 heterocycles. The van der Waals surface area contributed by atoms with Crippen molar-refractivity contribution in [2.75, 3.05) is 0 Å². The van der Waals surface area contributed by atoms with Crippen molar-refractivity contribution in [2.24, 2.45) is 5.92 Å². The Morgan fingerprint density at radius 2 is 2.20 bits per heavy atom. The molecular formula is C14H21N3O2S. The number of aromatic nitrogens is 1. The maximum atomic E-state index is 12.7. The number of piperazine rings is 1. The second-order valence-electron chi connectivity index (χ2n) is 5.75. The highest BCUT2D eigenvalue weighted by atomic mass is 32.1. The number of hydrogen-bond acceptors (Lipinski definition) is 4. The van der Waals surface area contributed by atoms with E-state index in [-0.39, 0.29) is 17.7 Å². The number of thiazole rings is 1. The van der Waals surface area contributed by atoms with Gasteiger partial charge in [-0.05, 0) is 19.8 Å². The van der Waals surface area contributed by atoms with Gasteiger partial charge in [0, 0.05) is 11.6 Å². The molecule has 0 aromatic carbocycles. The van der Waals surface area contributed by atoms with E-state index in [1.54, 1.807) is 24.9 Å². The van der Waals surface area contributed by atoms with Gasteiger partial charge in [0.05, 0.1) is 6.54 Å².